The molecule has 1 aromatic heterocycles. The highest BCUT2D eigenvalue weighted by molar-refractivity contribution is 5.99. The van der Waals surface area contributed by atoms with Gasteiger partial charge in [-0.05, 0) is 29.7 Å². The lowest BCUT2D eigenvalue weighted by Crippen LogP contribution is -2.19. The molecule has 6 nitrogen and oxygen atoms in total. The van der Waals surface area contributed by atoms with E-state index < -0.39 is 0 Å². The summed E-state index contributed by atoms with van der Waals surface area (Å²) in [6, 6.07) is 17.2. The number of carbonyl (C=O) groups is 1. The van der Waals surface area contributed by atoms with Crippen LogP contribution in [-0.4, -0.2) is 31.6 Å². The number of ether oxygens (including phenoxy) is 1. The van der Waals surface area contributed by atoms with Crippen molar-refractivity contribution < 1.29 is 9.53 Å². The van der Waals surface area contributed by atoms with Gasteiger partial charge in [0.15, 0.2) is 0 Å². The highest BCUT2D eigenvalue weighted by atomic mass is 16.5. The molecule has 0 unspecified atom stereocenters. The third-order valence-corrected chi connectivity index (χ3v) is 4.34. The van der Waals surface area contributed by atoms with E-state index in [0.717, 1.165) is 22.0 Å². The standard InChI is InChI=1S/C22H20N4O2/c1-14(12-23)13-25-21-17-11-16(8-7-15(17)9-10-20(21)28-3)18-5-4-6-19(26-18)22(27)24-2/h4-11,25H,1,13H2,2-3H3,(H,24,27). The summed E-state index contributed by atoms with van der Waals surface area (Å²) in [7, 11) is 3.18. The average molecular weight is 372 g/mol. The van der Waals surface area contributed by atoms with Gasteiger partial charge in [0.2, 0.25) is 0 Å². The molecule has 0 radical (unpaired) electrons. The fourth-order valence-electron chi connectivity index (χ4n) is 2.90. The van der Waals surface area contributed by atoms with Crippen LogP contribution in [0.4, 0.5) is 5.69 Å². The number of hydrogen-bond donors (Lipinski definition) is 2. The van der Waals surface area contributed by atoms with Crippen molar-refractivity contribution >= 4 is 22.4 Å². The van der Waals surface area contributed by atoms with Gasteiger partial charge in [-0.15, -0.1) is 0 Å². The van der Waals surface area contributed by atoms with Crippen molar-refractivity contribution in [2.24, 2.45) is 0 Å². The third kappa shape index (κ3) is 3.79. The number of hydrogen-bond acceptors (Lipinski definition) is 5. The van der Waals surface area contributed by atoms with E-state index in [4.69, 9.17) is 10.00 Å². The van der Waals surface area contributed by atoms with Gasteiger partial charge in [-0.2, -0.15) is 5.26 Å². The molecule has 0 aliphatic rings. The molecule has 3 rings (SSSR count). The minimum atomic E-state index is -0.235. The van der Waals surface area contributed by atoms with E-state index in [-0.39, 0.29) is 5.91 Å². The van der Waals surface area contributed by atoms with Gasteiger partial charge in [-0.1, -0.05) is 30.8 Å². The summed E-state index contributed by atoms with van der Waals surface area (Å²) in [5, 5.41) is 16.7. The lowest BCUT2D eigenvalue weighted by Gasteiger charge is -2.15. The quantitative estimate of drug-likeness (QED) is 0.643. The van der Waals surface area contributed by atoms with Crippen LogP contribution < -0.4 is 15.4 Å². The predicted molar refractivity (Wildman–Crippen MR) is 110 cm³/mol. The second-order valence-electron chi connectivity index (χ2n) is 6.13. The number of methoxy groups -OCH3 is 1. The van der Waals surface area contributed by atoms with Crippen molar-refractivity contribution in [2.45, 2.75) is 0 Å². The Kier molecular flexibility index (Phi) is 5.56. The van der Waals surface area contributed by atoms with Gasteiger partial charge in [0.05, 0.1) is 24.6 Å². The molecule has 0 atom stereocenters. The molecule has 0 aliphatic heterocycles. The number of fused-ring (bicyclic) bond motifs is 1. The van der Waals surface area contributed by atoms with Crippen molar-refractivity contribution in [3.05, 3.63) is 66.4 Å². The first-order valence-electron chi connectivity index (χ1n) is 8.69. The molecular formula is C22H20N4O2. The van der Waals surface area contributed by atoms with Crippen LogP contribution in [0, 0.1) is 11.3 Å². The summed E-state index contributed by atoms with van der Waals surface area (Å²) in [5.41, 5.74) is 3.12. The van der Waals surface area contributed by atoms with E-state index in [0.29, 0.717) is 29.3 Å². The molecular weight excluding hydrogens is 352 g/mol. The Balaban J connectivity index is 2.10. The van der Waals surface area contributed by atoms with Crippen LogP contribution in [0.1, 0.15) is 10.5 Å². The summed E-state index contributed by atoms with van der Waals surface area (Å²) in [6.45, 7) is 4.03. The molecule has 3 aromatic rings. The molecule has 0 spiro atoms. The lowest BCUT2D eigenvalue weighted by molar-refractivity contribution is 0.0958. The van der Waals surface area contributed by atoms with E-state index in [1.165, 1.54) is 0 Å². The molecule has 28 heavy (non-hydrogen) atoms. The molecule has 6 heteroatoms. The maximum atomic E-state index is 11.9. The van der Waals surface area contributed by atoms with Gasteiger partial charge in [0.25, 0.3) is 5.91 Å². The van der Waals surface area contributed by atoms with Gasteiger partial charge >= 0.3 is 0 Å². The van der Waals surface area contributed by atoms with Crippen molar-refractivity contribution in [3.8, 4) is 23.1 Å². The molecule has 0 saturated carbocycles. The minimum absolute atomic E-state index is 0.235. The first-order valence-corrected chi connectivity index (χ1v) is 8.69. The Morgan fingerprint density at radius 1 is 1.25 bits per heavy atom. The second kappa shape index (κ2) is 8.23. The Bertz CT molecular complexity index is 1100. The average Bonchev–Trinajstić information content (AvgIpc) is 2.76. The smallest absolute Gasteiger partial charge is 0.269 e. The number of rotatable bonds is 6. The zero-order valence-electron chi connectivity index (χ0n) is 15.7. The maximum absolute atomic E-state index is 11.9. The lowest BCUT2D eigenvalue weighted by atomic mass is 10.0. The summed E-state index contributed by atoms with van der Waals surface area (Å²) < 4.78 is 5.49. The molecule has 0 saturated heterocycles. The minimum Gasteiger partial charge on any atom is -0.495 e. The molecule has 1 amide bonds. The first kappa shape index (κ1) is 18.9. The highest BCUT2D eigenvalue weighted by Gasteiger charge is 2.12. The molecule has 1 heterocycles. The fourth-order valence-corrected chi connectivity index (χ4v) is 2.90. The van der Waals surface area contributed by atoms with Crippen LogP contribution >= 0.6 is 0 Å². The molecule has 2 aromatic carbocycles. The van der Waals surface area contributed by atoms with Gasteiger partial charge in [0.1, 0.15) is 11.4 Å². The predicted octanol–water partition coefficient (Wildman–Crippen LogP) is 3.76. The van der Waals surface area contributed by atoms with E-state index in [1.807, 2.05) is 42.5 Å². The van der Waals surface area contributed by atoms with Crippen LogP contribution in [0.3, 0.4) is 0 Å². The van der Waals surface area contributed by atoms with Crippen molar-refractivity contribution in [1.29, 1.82) is 5.26 Å². The number of carbonyl (C=O) groups excluding carboxylic acids is 1. The van der Waals surface area contributed by atoms with Crippen molar-refractivity contribution in [3.63, 3.8) is 0 Å². The zero-order valence-corrected chi connectivity index (χ0v) is 15.7. The van der Waals surface area contributed by atoms with E-state index >= 15 is 0 Å². The van der Waals surface area contributed by atoms with Crippen molar-refractivity contribution in [2.75, 3.05) is 26.0 Å². The van der Waals surface area contributed by atoms with Gasteiger partial charge in [-0.25, -0.2) is 4.98 Å². The van der Waals surface area contributed by atoms with Crippen LogP contribution in [-0.2, 0) is 0 Å². The summed E-state index contributed by atoms with van der Waals surface area (Å²) in [5.74, 6) is 0.434. The molecule has 0 aliphatic carbocycles. The van der Waals surface area contributed by atoms with E-state index in [1.54, 1.807) is 26.3 Å². The summed E-state index contributed by atoms with van der Waals surface area (Å²) in [6.07, 6.45) is 0. The number of nitrogens with zero attached hydrogens (tertiary/aromatic N) is 2. The number of nitriles is 1. The Morgan fingerprint density at radius 3 is 2.75 bits per heavy atom. The van der Waals surface area contributed by atoms with E-state index in [9.17, 15) is 4.79 Å². The van der Waals surface area contributed by atoms with Gasteiger partial charge < -0.3 is 15.4 Å². The Hall–Kier alpha value is -3.85. The monoisotopic (exact) mass is 372 g/mol. The van der Waals surface area contributed by atoms with Gasteiger partial charge in [-0.3, -0.25) is 4.79 Å². The third-order valence-electron chi connectivity index (χ3n) is 4.34. The number of nitrogens with one attached hydrogen (secondary N) is 2. The largest absolute Gasteiger partial charge is 0.495 e. The Morgan fingerprint density at radius 2 is 2.04 bits per heavy atom. The number of anilines is 1. The van der Waals surface area contributed by atoms with Crippen LogP contribution in [0.2, 0.25) is 0 Å². The molecule has 2 N–H and O–H groups in total. The second-order valence-corrected chi connectivity index (χ2v) is 6.13. The summed E-state index contributed by atoms with van der Waals surface area (Å²) >= 11 is 0. The SMILES string of the molecule is C=C(C#N)CNc1c(OC)ccc2ccc(-c3cccc(C(=O)NC)n3)cc12. The number of amides is 1. The van der Waals surface area contributed by atoms with E-state index in [2.05, 4.69) is 22.2 Å². The number of pyridine rings is 1. The summed E-state index contributed by atoms with van der Waals surface area (Å²) in [4.78, 5) is 16.3. The van der Waals surface area contributed by atoms with Crippen LogP contribution in [0.25, 0.3) is 22.0 Å². The van der Waals surface area contributed by atoms with Gasteiger partial charge in [0, 0.05) is 30.1 Å². The topological polar surface area (TPSA) is 87.0 Å². The fraction of sp³-hybridized carbons (Fsp3) is 0.136. The number of benzene rings is 2. The van der Waals surface area contributed by atoms with Crippen LogP contribution in [0.5, 0.6) is 5.75 Å². The highest BCUT2D eigenvalue weighted by Crippen LogP contribution is 2.35. The molecule has 0 fully saturated rings. The maximum Gasteiger partial charge on any atom is 0.269 e. The van der Waals surface area contributed by atoms with Crippen LogP contribution in [0.15, 0.2) is 60.7 Å². The normalized spacial score (nSPS) is 10.2. The zero-order chi connectivity index (χ0) is 20.1. The molecule has 0 bridgehead atoms. The van der Waals surface area contributed by atoms with Crippen molar-refractivity contribution in [1.82, 2.24) is 10.3 Å². The first-order chi connectivity index (χ1) is 13.6. The molecule has 140 valence electrons. The Labute approximate surface area is 163 Å². The number of aromatic nitrogens is 1.